The van der Waals surface area contributed by atoms with Gasteiger partial charge in [0.25, 0.3) is 0 Å². The molecule has 0 aliphatic carbocycles. The van der Waals surface area contributed by atoms with Crippen LogP contribution in [0.2, 0.25) is 0 Å². The number of nitrogens with one attached hydrogen (secondary N) is 2. The SMILES string of the molecule is CCCCCNC(C)CCCCCNC. The van der Waals surface area contributed by atoms with Crippen molar-refractivity contribution in [1.29, 1.82) is 0 Å². The van der Waals surface area contributed by atoms with E-state index in [1.54, 1.807) is 0 Å². The van der Waals surface area contributed by atoms with E-state index >= 15 is 0 Å². The molecule has 0 aromatic heterocycles. The van der Waals surface area contributed by atoms with Crippen LogP contribution < -0.4 is 10.6 Å². The first-order chi connectivity index (χ1) is 7.31. The first kappa shape index (κ1) is 14.9. The van der Waals surface area contributed by atoms with Crippen molar-refractivity contribution in [1.82, 2.24) is 10.6 Å². The van der Waals surface area contributed by atoms with Gasteiger partial charge in [-0.15, -0.1) is 0 Å². The highest BCUT2D eigenvalue weighted by Crippen LogP contribution is 2.03. The lowest BCUT2D eigenvalue weighted by molar-refractivity contribution is 0.473. The molecule has 0 fully saturated rings. The third kappa shape index (κ3) is 11.8. The molecule has 1 unspecified atom stereocenters. The van der Waals surface area contributed by atoms with E-state index in [0.29, 0.717) is 6.04 Å². The Kier molecular flexibility index (Phi) is 11.9. The molecule has 15 heavy (non-hydrogen) atoms. The molecule has 0 spiro atoms. The molecule has 0 rings (SSSR count). The van der Waals surface area contributed by atoms with Crippen LogP contribution >= 0.6 is 0 Å². The van der Waals surface area contributed by atoms with Crippen LogP contribution in [-0.4, -0.2) is 26.2 Å². The van der Waals surface area contributed by atoms with Gasteiger partial charge in [-0.25, -0.2) is 0 Å². The van der Waals surface area contributed by atoms with E-state index in [0.717, 1.165) is 6.54 Å². The first-order valence-electron chi connectivity index (χ1n) is 6.69. The van der Waals surface area contributed by atoms with Crippen molar-refractivity contribution in [2.75, 3.05) is 20.1 Å². The fourth-order valence-corrected chi connectivity index (χ4v) is 1.75. The predicted molar refractivity (Wildman–Crippen MR) is 69.4 cm³/mol. The molecular formula is C13H30N2. The smallest absolute Gasteiger partial charge is 0.00387 e. The van der Waals surface area contributed by atoms with Crippen LogP contribution in [0.1, 0.15) is 58.8 Å². The molecule has 2 heteroatoms. The Morgan fingerprint density at radius 1 is 0.933 bits per heavy atom. The Morgan fingerprint density at radius 2 is 1.67 bits per heavy atom. The zero-order chi connectivity index (χ0) is 11.4. The van der Waals surface area contributed by atoms with Crippen molar-refractivity contribution in [2.24, 2.45) is 0 Å². The molecule has 1 atom stereocenters. The zero-order valence-corrected chi connectivity index (χ0v) is 10.9. The van der Waals surface area contributed by atoms with Crippen molar-refractivity contribution in [2.45, 2.75) is 64.8 Å². The molecule has 0 amide bonds. The van der Waals surface area contributed by atoms with E-state index in [1.807, 2.05) is 7.05 Å². The largest absolute Gasteiger partial charge is 0.320 e. The van der Waals surface area contributed by atoms with E-state index in [2.05, 4.69) is 24.5 Å². The van der Waals surface area contributed by atoms with Gasteiger partial charge in [0.2, 0.25) is 0 Å². The number of rotatable bonds is 11. The van der Waals surface area contributed by atoms with Gasteiger partial charge < -0.3 is 10.6 Å². The van der Waals surface area contributed by atoms with Crippen molar-refractivity contribution >= 4 is 0 Å². The quantitative estimate of drug-likeness (QED) is 0.517. The van der Waals surface area contributed by atoms with Gasteiger partial charge in [-0.3, -0.25) is 0 Å². The van der Waals surface area contributed by atoms with Gasteiger partial charge in [0.05, 0.1) is 0 Å². The lowest BCUT2D eigenvalue weighted by Crippen LogP contribution is -2.26. The normalized spacial score (nSPS) is 13.0. The maximum Gasteiger partial charge on any atom is 0.00387 e. The third-order valence-corrected chi connectivity index (χ3v) is 2.84. The minimum atomic E-state index is 0.705. The van der Waals surface area contributed by atoms with Gasteiger partial charge in [0.1, 0.15) is 0 Å². The van der Waals surface area contributed by atoms with E-state index in [9.17, 15) is 0 Å². The minimum absolute atomic E-state index is 0.705. The number of unbranched alkanes of at least 4 members (excludes halogenated alkanes) is 4. The summed E-state index contributed by atoms with van der Waals surface area (Å²) in [5, 5.41) is 6.78. The summed E-state index contributed by atoms with van der Waals surface area (Å²) in [6.45, 7) is 6.93. The third-order valence-electron chi connectivity index (χ3n) is 2.84. The van der Waals surface area contributed by atoms with Crippen LogP contribution in [0.5, 0.6) is 0 Å². The fraction of sp³-hybridized carbons (Fsp3) is 1.00. The van der Waals surface area contributed by atoms with E-state index in [4.69, 9.17) is 0 Å². The molecule has 2 N–H and O–H groups in total. The van der Waals surface area contributed by atoms with E-state index in [1.165, 1.54) is 51.5 Å². The average molecular weight is 214 g/mol. The summed E-state index contributed by atoms with van der Waals surface area (Å²) in [6, 6.07) is 0.705. The maximum absolute atomic E-state index is 3.59. The van der Waals surface area contributed by atoms with Crippen molar-refractivity contribution in [3.63, 3.8) is 0 Å². The molecule has 0 aromatic rings. The standard InChI is InChI=1S/C13H30N2/c1-4-5-8-12-15-13(2)10-7-6-9-11-14-3/h13-15H,4-12H2,1-3H3. The van der Waals surface area contributed by atoms with Gasteiger partial charge in [-0.2, -0.15) is 0 Å². The Labute approximate surface area is 96.2 Å². The highest BCUT2D eigenvalue weighted by atomic mass is 14.9. The Bertz CT molecular complexity index is 115. The van der Waals surface area contributed by atoms with Gasteiger partial charge in [-0.1, -0.05) is 32.6 Å². The van der Waals surface area contributed by atoms with Crippen LogP contribution in [0, 0.1) is 0 Å². The topological polar surface area (TPSA) is 24.1 Å². The zero-order valence-electron chi connectivity index (χ0n) is 10.9. The van der Waals surface area contributed by atoms with Gasteiger partial charge >= 0.3 is 0 Å². The number of hydrogen-bond acceptors (Lipinski definition) is 2. The summed E-state index contributed by atoms with van der Waals surface area (Å²) in [7, 11) is 2.03. The lowest BCUT2D eigenvalue weighted by Gasteiger charge is -2.13. The van der Waals surface area contributed by atoms with Gasteiger partial charge in [0.15, 0.2) is 0 Å². The summed E-state index contributed by atoms with van der Waals surface area (Å²) < 4.78 is 0. The molecule has 0 aromatic carbocycles. The molecule has 2 nitrogen and oxygen atoms in total. The van der Waals surface area contributed by atoms with E-state index < -0.39 is 0 Å². The lowest BCUT2D eigenvalue weighted by atomic mass is 10.1. The Hall–Kier alpha value is -0.0800. The average Bonchev–Trinajstić information content (AvgIpc) is 2.24. The highest BCUT2D eigenvalue weighted by molar-refractivity contribution is 4.60. The molecule has 0 aliphatic heterocycles. The fourth-order valence-electron chi connectivity index (χ4n) is 1.75. The molecule has 0 saturated carbocycles. The molecule has 0 bridgehead atoms. The van der Waals surface area contributed by atoms with Crippen LogP contribution in [0.25, 0.3) is 0 Å². The Morgan fingerprint density at radius 3 is 2.33 bits per heavy atom. The summed E-state index contributed by atoms with van der Waals surface area (Å²) >= 11 is 0. The maximum atomic E-state index is 3.59. The van der Waals surface area contributed by atoms with Crippen LogP contribution in [-0.2, 0) is 0 Å². The summed E-state index contributed by atoms with van der Waals surface area (Å²) in [5.74, 6) is 0. The summed E-state index contributed by atoms with van der Waals surface area (Å²) in [5.41, 5.74) is 0. The van der Waals surface area contributed by atoms with Crippen molar-refractivity contribution in [3.05, 3.63) is 0 Å². The molecule has 0 aliphatic rings. The second-order valence-electron chi connectivity index (χ2n) is 4.52. The van der Waals surface area contributed by atoms with Crippen LogP contribution in [0.4, 0.5) is 0 Å². The number of hydrogen-bond donors (Lipinski definition) is 2. The Balaban J connectivity index is 3.08. The molecule has 0 heterocycles. The predicted octanol–water partition coefficient (Wildman–Crippen LogP) is 2.93. The highest BCUT2D eigenvalue weighted by Gasteiger charge is 1.99. The minimum Gasteiger partial charge on any atom is -0.320 e. The molecule has 0 radical (unpaired) electrons. The molecule has 0 saturated heterocycles. The van der Waals surface area contributed by atoms with Crippen molar-refractivity contribution in [3.8, 4) is 0 Å². The van der Waals surface area contributed by atoms with Crippen LogP contribution in [0.3, 0.4) is 0 Å². The van der Waals surface area contributed by atoms with E-state index in [-0.39, 0.29) is 0 Å². The summed E-state index contributed by atoms with van der Waals surface area (Å²) in [4.78, 5) is 0. The second kappa shape index (κ2) is 12.0. The van der Waals surface area contributed by atoms with Gasteiger partial charge in [-0.05, 0) is 46.3 Å². The molecular weight excluding hydrogens is 184 g/mol. The van der Waals surface area contributed by atoms with Crippen molar-refractivity contribution < 1.29 is 0 Å². The second-order valence-corrected chi connectivity index (χ2v) is 4.52. The summed E-state index contributed by atoms with van der Waals surface area (Å²) in [6.07, 6.45) is 9.39. The first-order valence-corrected chi connectivity index (χ1v) is 6.69. The monoisotopic (exact) mass is 214 g/mol. The van der Waals surface area contributed by atoms with Crippen LogP contribution in [0.15, 0.2) is 0 Å². The van der Waals surface area contributed by atoms with Gasteiger partial charge in [0, 0.05) is 6.04 Å². The molecule has 92 valence electrons.